The van der Waals surface area contributed by atoms with E-state index in [1.165, 1.54) is 6.42 Å². The summed E-state index contributed by atoms with van der Waals surface area (Å²) in [5.41, 5.74) is 4.13. The third-order valence-corrected chi connectivity index (χ3v) is 8.37. The summed E-state index contributed by atoms with van der Waals surface area (Å²) in [6, 6.07) is 11.4. The van der Waals surface area contributed by atoms with Crippen LogP contribution in [-0.2, 0) is 29.0 Å². The Hall–Kier alpha value is -3.33. The first-order chi connectivity index (χ1) is 17.9. The van der Waals surface area contributed by atoms with Crippen molar-refractivity contribution in [1.29, 1.82) is 0 Å². The zero-order chi connectivity index (χ0) is 25.9. The van der Waals surface area contributed by atoms with Crippen LogP contribution in [0.15, 0.2) is 36.4 Å². The van der Waals surface area contributed by atoms with Crippen molar-refractivity contribution in [3.63, 3.8) is 0 Å². The lowest BCUT2D eigenvalue weighted by molar-refractivity contribution is -0.119. The topological polar surface area (TPSA) is 105 Å². The average Bonchev–Trinajstić information content (AvgIpc) is 3.22. The summed E-state index contributed by atoms with van der Waals surface area (Å²) >= 11 is 1.00. The molecule has 1 aliphatic carbocycles. The van der Waals surface area contributed by atoms with Gasteiger partial charge in [-0.15, -0.1) is 0 Å². The summed E-state index contributed by atoms with van der Waals surface area (Å²) in [5, 5.41) is 4.67. The van der Waals surface area contributed by atoms with Crippen LogP contribution in [0.2, 0.25) is 0 Å². The molecule has 0 spiro atoms. The maximum absolute atomic E-state index is 13.1. The fraction of sp³-hybridized carbons (Fsp3) is 0.429. The van der Waals surface area contributed by atoms with Crippen molar-refractivity contribution in [3.8, 4) is 5.75 Å². The molecule has 0 aromatic heterocycles. The number of hydrogen-bond donors (Lipinski definition) is 2. The van der Waals surface area contributed by atoms with E-state index in [1.54, 1.807) is 12.0 Å². The van der Waals surface area contributed by atoms with Gasteiger partial charge in [-0.25, -0.2) is 0 Å². The van der Waals surface area contributed by atoms with Gasteiger partial charge in [-0.05, 0) is 60.6 Å². The quantitative estimate of drug-likeness (QED) is 0.568. The van der Waals surface area contributed by atoms with E-state index in [0.717, 1.165) is 54.1 Å². The first-order valence-electron chi connectivity index (χ1n) is 12.8. The monoisotopic (exact) mass is 521 g/mol. The molecule has 9 heteroatoms. The second-order valence-corrected chi connectivity index (χ2v) is 11.0. The molecule has 2 aromatic rings. The molecule has 194 valence electrons. The molecule has 2 N–H and O–H groups in total. The molecule has 2 aromatic carbocycles. The number of imide groups is 1. The Kier molecular flexibility index (Phi) is 7.50. The Morgan fingerprint density at radius 2 is 1.81 bits per heavy atom. The number of nitrogens with one attached hydrogen (secondary N) is 2. The highest BCUT2D eigenvalue weighted by Crippen LogP contribution is 2.41. The van der Waals surface area contributed by atoms with E-state index in [4.69, 9.17) is 4.74 Å². The van der Waals surface area contributed by atoms with Gasteiger partial charge in [-0.3, -0.25) is 24.5 Å². The summed E-state index contributed by atoms with van der Waals surface area (Å²) < 4.78 is 5.63. The number of fused-ring (bicyclic) bond motifs is 1. The van der Waals surface area contributed by atoms with Crippen molar-refractivity contribution in [2.24, 2.45) is 0 Å². The molecule has 2 fully saturated rings. The first-order valence-corrected chi connectivity index (χ1v) is 13.7. The van der Waals surface area contributed by atoms with Gasteiger partial charge in [0.15, 0.2) is 0 Å². The van der Waals surface area contributed by atoms with Gasteiger partial charge in [0.05, 0.1) is 24.6 Å². The Bertz CT molecular complexity index is 1220. The SMILES string of the molecule is COc1ccc(CC2SC(=O)NC2=O)c2c1N(Cc1ccc(C(=O)NC3CCCCC3)cc1)C(=O)CC2. The van der Waals surface area contributed by atoms with Crippen LogP contribution in [0.25, 0.3) is 0 Å². The van der Waals surface area contributed by atoms with Crippen molar-refractivity contribution >= 4 is 40.4 Å². The maximum Gasteiger partial charge on any atom is 0.286 e. The molecule has 37 heavy (non-hydrogen) atoms. The van der Waals surface area contributed by atoms with Crippen molar-refractivity contribution in [1.82, 2.24) is 10.6 Å². The zero-order valence-electron chi connectivity index (χ0n) is 20.9. The Labute approximate surface area is 220 Å². The van der Waals surface area contributed by atoms with Gasteiger partial charge >= 0.3 is 0 Å². The molecular formula is C28H31N3O5S. The molecule has 4 amide bonds. The number of thioether (sulfide) groups is 1. The number of ether oxygens (including phenoxy) is 1. The normalized spacial score (nSPS) is 20.0. The molecule has 2 heterocycles. The van der Waals surface area contributed by atoms with E-state index in [1.807, 2.05) is 36.4 Å². The fourth-order valence-electron chi connectivity index (χ4n) is 5.43. The van der Waals surface area contributed by atoms with Gasteiger partial charge in [0, 0.05) is 18.0 Å². The highest BCUT2D eigenvalue weighted by Gasteiger charge is 2.35. The summed E-state index contributed by atoms with van der Waals surface area (Å²) in [5.74, 6) is 0.243. The minimum absolute atomic E-state index is 0.00905. The summed E-state index contributed by atoms with van der Waals surface area (Å²) in [4.78, 5) is 51.3. The second-order valence-electron chi connectivity index (χ2n) is 9.83. The van der Waals surface area contributed by atoms with E-state index in [-0.39, 0.29) is 29.0 Å². The van der Waals surface area contributed by atoms with Crippen LogP contribution >= 0.6 is 11.8 Å². The number of anilines is 1. The third-order valence-electron chi connectivity index (χ3n) is 7.39. The lowest BCUT2D eigenvalue weighted by Crippen LogP contribution is -2.36. The molecule has 3 aliphatic rings. The van der Waals surface area contributed by atoms with Gasteiger partial charge < -0.3 is 15.0 Å². The lowest BCUT2D eigenvalue weighted by Gasteiger charge is -2.32. The van der Waals surface area contributed by atoms with Gasteiger partial charge in [0.1, 0.15) is 5.75 Å². The minimum atomic E-state index is -0.483. The van der Waals surface area contributed by atoms with Gasteiger partial charge in [0.2, 0.25) is 11.8 Å². The Morgan fingerprint density at radius 3 is 2.49 bits per heavy atom. The van der Waals surface area contributed by atoms with Crippen LogP contribution in [0.4, 0.5) is 10.5 Å². The van der Waals surface area contributed by atoms with Gasteiger partial charge in [0.25, 0.3) is 11.1 Å². The molecule has 0 bridgehead atoms. The van der Waals surface area contributed by atoms with E-state index in [0.29, 0.717) is 42.8 Å². The van der Waals surface area contributed by atoms with Gasteiger partial charge in [-0.2, -0.15) is 0 Å². The number of rotatable bonds is 7. The van der Waals surface area contributed by atoms with E-state index in [2.05, 4.69) is 10.6 Å². The number of carbonyl (C=O) groups excluding carboxylic acids is 4. The standard InChI is InChI=1S/C28H31N3O5S/c1-36-22-13-11-19(15-23-27(34)30-28(35)37-23)21-12-14-24(32)31(25(21)22)16-17-7-9-18(10-8-17)26(33)29-20-5-3-2-4-6-20/h7-11,13,20,23H,2-6,12,14-16H2,1H3,(H,29,33)(H,30,34,35). The van der Waals surface area contributed by atoms with Crippen LogP contribution in [0.1, 0.15) is 65.6 Å². The first kappa shape index (κ1) is 25.3. The molecule has 1 saturated heterocycles. The molecule has 5 rings (SSSR count). The third kappa shape index (κ3) is 5.51. The van der Waals surface area contributed by atoms with Crippen LogP contribution in [0.5, 0.6) is 5.75 Å². The molecule has 1 saturated carbocycles. The maximum atomic E-state index is 13.1. The molecule has 1 unspecified atom stereocenters. The molecule has 1 atom stereocenters. The molecular weight excluding hydrogens is 490 g/mol. The van der Waals surface area contributed by atoms with Crippen LogP contribution < -0.4 is 20.3 Å². The summed E-state index contributed by atoms with van der Waals surface area (Å²) in [6.45, 7) is 0.341. The van der Waals surface area contributed by atoms with Crippen LogP contribution in [0, 0.1) is 0 Å². The number of nitrogens with zero attached hydrogens (tertiary/aromatic N) is 1. The fourth-order valence-corrected chi connectivity index (χ4v) is 6.28. The number of benzene rings is 2. The zero-order valence-corrected chi connectivity index (χ0v) is 21.7. The average molecular weight is 522 g/mol. The van der Waals surface area contributed by atoms with Gasteiger partial charge in [-0.1, -0.05) is 49.2 Å². The number of methoxy groups -OCH3 is 1. The summed E-state index contributed by atoms with van der Waals surface area (Å²) in [6.07, 6.45) is 6.91. The Morgan fingerprint density at radius 1 is 1.05 bits per heavy atom. The van der Waals surface area contributed by atoms with Crippen LogP contribution in [-0.4, -0.2) is 41.4 Å². The Balaban J connectivity index is 1.35. The highest BCUT2D eigenvalue weighted by molar-refractivity contribution is 8.15. The molecule has 8 nitrogen and oxygen atoms in total. The smallest absolute Gasteiger partial charge is 0.286 e. The van der Waals surface area contributed by atoms with E-state index >= 15 is 0 Å². The minimum Gasteiger partial charge on any atom is -0.495 e. The van der Waals surface area contributed by atoms with Crippen molar-refractivity contribution in [2.45, 2.75) is 69.2 Å². The van der Waals surface area contributed by atoms with Crippen LogP contribution in [0.3, 0.4) is 0 Å². The molecule has 0 radical (unpaired) electrons. The predicted octanol–water partition coefficient (Wildman–Crippen LogP) is 4.13. The van der Waals surface area contributed by atoms with E-state index in [9.17, 15) is 19.2 Å². The number of amides is 4. The second kappa shape index (κ2) is 11.0. The van der Waals surface area contributed by atoms with E-state index < -0.39 is 5.25 Å². The number of carbonyl (C=O) groups is 4. The lowest BCUT2D eigenvalue weighted by atomic mass is 9.92. The largest absolute Gasteiger partial charge is 0.495 e. The van der Waals surface area contributed by atoms with Crippen molar-refractivity contribution < 1.29 is 23.9 Å². The number of hydrogen-bond acceptors (Lipinski definition) is 6. The molecule has 2 aliphatic heterocycles. The van der Waals surface area contributed by atoms with Crippen molar-refractivity contribution in [2.75, 3.05) is 12.0 Å². The predicted molar refractivity (Wildman–Crippen MR) is 142 cm³/mol. The highest BCUT2D eigenvalue weighted by atomic mass is 32.2. The van der Waals surface area contributed by atoms with Crippen molar-refractivity contribution in [3.05, 3.63) is 58.7 Å². The summed E-state index contributed by atoms with van der Waals surface area (Å²) in [7, 11) is 1.57.